The topological polar surface area (TPSA) is 159 Å². The molecule has 0 saturated heterocycles. The van der Waals surface area contributed by atoms with Gasteiger partial charge in [-0.1, -0.05) is 0 Å². The van der Waals surface area contributed by atoms with E-state index >= 15 is 0 Å². The lowest BCUT2D eigenvalue weighted by atomic mass is 10.1. The van der Waals surface area contributed by atoms with Crippen LogP contribution in [0.4, 0.5) is 0 Å². The van der Waals surface area contributed by atoms with E-state index in [4.69, 9.17) is 13.9 Å². The number of rotatable bonds is 10. The highest BCUT2D eigenvalue weighted by molar-refractivity contribution is 5.85. The number of carbonyl (C=O) groups excluding carboxylic acids is 4. The molecule has 1 aromatic heterocycles. The normalized spacial score (nSPS) is 10.7. The van der Waals surface area contributed by atoms with Gasteiger partial charge in [0.25, 0.3) is 0 Å². The van der Waals surface area contributed by atoms with Crippen molar-refractivity contribution in [3.8, 4) is 5.75 Å². The predicted octanol–water partition coefficient (Wildman–Crippen LogP) is 0.737. The molecule has 2 rings (SSSR count). The van der Waals surface area contributed by atoms with Gasteiger partial charge in [-0.25, -0.2) is 4.79 Å². The predicted molar refractivity (Wildman–Crippen MR) is 110 cm³/mol. The van der Waals surface area contributed by atoms with Gasteiger partial charge in [-0.3, -0.25) is 24.1 Å². The molecule has 12 heteroatoms. The summed E-state index contributed by atoms with van der Waals surface area (Å²) in [5.74, 6) is -3.23. The van der Waals surface area contributed by atoms with Crippen molar-refractivity contribution in [2.24, 2.45) is 0 Å². The number of aryl methyl sites for hydroxylation is 1. The number of hydrogen-bond acceptors (Lipinski definition) is 12. The van der Waals surface area contributed by atoms with Crippen molar-refractivity contribution in [2.45, 2.75) is 27.3 Å². The first-order chi connectivity index (χ1) is 15.6. The molecule has 178 valence electrons. The minimum Gasteiger partial charge on any atom is -0.507 e. The first-order valence-corrected chi connectivity index (χ1v) is 9.62. The molecular weight excluding hydrogens is 442 g/mol. The molecule has 0 aliphatic rings. The second-order valence-electron chi connectivity index (χ2n) is 6.87. The van der Waals surface area contributed by atoms with Crippen LogP contribution in [0.25, 0.3) is 11.0 Å². The zero-order valence-electron chi connectivity index (χ0n) is 18.2. The van der Waals surface area contributed by atoms with Crippen LogP contribution in [0.5, 0.6) is 5.75 Å². The largest absolute Gasteiger partial charge is 0.507 e. The van der Waals surface area contributed by atoms with Crippen LogP contribution in [0, 0.1) is 6.92 Å². The molecule has 2 aromatic rings. The van der Waals surface area contributed by atoms with Crippen molar-refractivity contribution in [3.05, 3.63) is 39.7 Å². The Morgan fingerprint density at radius 2 is 1.48 bits per heavy atom. The van der Waals surface area contributed by atoms with E-state index in [0.29, 0.717) is 10.9 Å². The van der Waals surface area contributed by atoms with Gasteiger partial charge in [0, 0.05) is 31.8 Å². The van der Waals surface area contributed by atoms with Crippen molar-refractivity contribution in [1.29, 1.82) is 0 Å². The van der Waals surface area contributed by atoms with Crippen LogP contribution in [-0.2, 0) is 44.7 Å². The summed E-state index contributed by atoms with van der Waals surface area (Å²) < 4.78 is 23.9. The molecule has 0 saturated carbocycles. The fourth-order valence-electron chi connectivity index (χ4n) is 2.79. The Hall–Kier alpha value is -3.93. The molecule has 0 bridgehead atoms. The highest BCUT2D eigenvalue weighted by atomic mass is 16.7. The Labute approximate surface area is 187 Å². The summed E-state index contributed by atoms with van der Waals surface area (Å²) in [7, 11) is 0. The number of carbonyl (C=O) groups is 4. The molecule has 0 radical (unpaired) electrons. The molecular formula is C21H23NO11. The van der Waals surface area contributed by atoms with E-state index in [1.54, 1.807) is 13.0 Å². The fraction of sp³-hybridized carbons (Fsp3) is 0.381. The first-order valence-electron chi connectivity index (χ1n) is 9.62. The Bertz CT molecular complexity index is 1070. The SMILES string of the molecule is CC(=O)OCOC(=O)CN(CC(=O)OCOC(C)=O)Cc1c(O)ccc2c(C)cc(=O)oc12. The minimum atomic E-state index is -0.846. The number of hydrogen-bond donors (Lipinski definition) is 1. The molecule has 0 fully saturated rings. The lowest BCUT2D eigenvalue weighted by Gasteiger charge is -2.21. The average Bonchev–Trinajstić information content (AvgIpc) is 2.69. The third-order valence-electron chi connectivity index (χ3n) is 4.25. The average molecular weight is 465 g/mol. The Kier molecular flexibility index (Phi) is 8.92. The minimum absolute atomic E-state index is 0.0894. The summed E-state index contributed by atoms with van der Waals surface area (Å²) in [6.45, 7) is 1.55. The summed E-state index contributed by atoms with van der Waals surface area (Å²) in [4.78, 5) is 59.0. The van der Waals surface area contributed by atoms with Gasteiger partial charge in [-0.05, 0) is 24.6 Å². The number of nitrogens with zero attached hydrogens (tertiary/aromatic N) is 1. The maximum atomic E-state index is 12.2. The van der Waals surface area contributed by atoms with Gasteiger partial charge in [0.05, 0.1) is 18.7 Å². The summed E-state index contributed by atoms with van der Waals surface area (Å²) in [6, 6.07) is 4.25. The molecule has 0 spiro atoms. The second kappa shape index (κ2) is 11.6. The van der Waals surface area contributed by atoms with Gasteiger partial charge < -0.3 is 28.5 Å². The third kappa shape index (κ3) is 7.92. The summed E-state index contributed by atoms with van der Waals surface area (Å²) >= 11 is 0. The lowest BCUT2D eigenvalue weighted by Crippen LogP contribution is -2.36. The number of fused-ring (bicyclic) bond motifs is 1. The van der Waals surface area contributed by atoms with Crippen LogP contribution in [0.15, 0.2) is 27.4 Å². The van der Waals surface area contributed by atoms with Gasteiger partial charge >= 0.3 is 29.5 Å². The number of phenols is 1. The number of esters is 4. The number of aromatic hydroxyl groups is 1. The first kappa shape index (κ1) is 25.3. The molecule has 12 nitrogen and oxygen atoms in total. The zero-order valence-corrected chi connectivity index (χ0v) is 18.2. The van der Waals surface area contributed by atoms with E-state index < -0.39 is 56.2 Å². The number of ether oxygens (including phenoxy) is 4. The van der Waals surface area contributed by atoms with Gasteiger partial charge in [0.1, 0.15) is 11.3 Å². The maximum Gasteiger partial charge on any atom is 0.336 e. The smallest absolute Gasteiger partial charge is 0.336 e. The van der Waals surface area contributed by atoms with Crippen LogP contribution in [0.2, 0.25) is 0 Å². The van der Waals surface area contributed by atoms with Crippen LogP contribution >= 0.6 is 0 Å². The Morgan fingerprint density at radius 1 is 0.939 bits per heavy atom. The Balaban J connectivity index is 2.25. The molecule has 0 aliphatic heterocycles. The van der Waals surface area contributed by atoms with Crippen molar-refractivity contribution in [2.75, 3.05) is 26.7 Å². The van der Waals surface area contributed by atoms with E-state index in [9.17, 15) is 29.1 Å². The zero-order chi connectivity index (χ0) is 24.5. The highest BCUT2D eigenvalue weighted by Crippen LogP contribution is 2.29. The van der Waals surface area contributed by atoms with Crippen molar-refractivity contribution in [3.63, 3.8) is 0 Å². The van der Waals surface area contributed by atoms with Crippen molar-refractivity contribution >= 4 is 34.8 Å². The summed E-state index contributed by atoms with van der Waals surface area (Å²) in [6.07, 6.45) is 0. The van der Waals surface area contributed by atoms with Gasteiger partial charge in [-0.15, -0.1) is 0 Å². The van der Waals surface area contributed by atoms with Crippen molar-refractivity contribution in [1.82, 2.24) is 4.90 Å². The maximum absolute atomic E-state index is 12.2. The molecule has 1 aromatic carbocycles. The van der Waals surface area contributed by atoms with E-state index in [2.05, 4.69) is 9.47 Å². The van der Waals surface area contributed by atoms with Crippen LogP contribution in [-0.4, -0.2) is 60.6 Å². The highest BCUT2D eigenvalue weighted by Gasteiger charge is 2.21. The third-order valence-corrected chi connectivity index (χ3v) is 4.25. The van der Waals surface area contributed by atoms with Gasteiger partial charge in [0.2, 0.25) is 13.6 Å². The number of benzene rings is 1. The van der Waals surface area contributed by atoms with E-state index in [1.165, 1.54) is 17.0 Å². The molecule has 1 heterocycles. The second-order valence-corrected chi connectivity index (χ2v) is 6.87. The van der Waals surface area contributed by atoms with Crippen LogP contribution < -0.4 is 5.63 Å². The summed E-state index contributed by atoms with van der Waals surface area (Å²) in [5, 5.41) is 10.9. The quantitative estimate of drug-likeness (QED) is 0.298. The van der Waals surface area contributed by atoms with E-state index in [1.807, 2.05) is 0 Å². The molecule has 0 unspecified atom stereocenters. The van der Waals surface area contributed by atoms with Crippen LogP contribution in [0.1, 0.15) is 25.0 Å². The number of phenolic OH excluding ortho intramolecular Hbond substituents is 1. The van der Waals surface area contributed by atoms with Crippen LogP contribution in [0.3, 0.4) is 0 Å². The van der Waals surface area contributed by atoms with E-state index in [-0.39, 0.29) is 23.4 Å². The molecule has 1 N–H and O–H groups in total. The molecule has 33 heavy (non-hydrogen) atoms. The van der Waals surface area contributed by atoms with Gasteiger partial charge in [0.15, 0.2) is 0 Å². The fourth-order valence-corrected chi connectivity index (χ4v) is 2.79. The van der Waals surface area contributed by atoms with Crippen molar-refractivity contribution < 1.29 is 47.6 Å². The van der Waals surface area contributed by atoms with Gasteiger partial charge in [-0.2, -0.15) is 0 Å². The van der Waals surface area contributed by atoms with E-state index in [0.717, 1.165) is 13.8 Å². The molecule has 0 atom stereocenters. The molecule has 0 aliphatic carbocycles. The standard InChI is InChI=1S/C21H23NO11/c1-12-6-18(26)33-21-15(12)4-5-17(25)16(21)7-22(8-19(27)31-10-29-13(2)23)9-20(28)32-11-30-14(3)24/h4-6,25H,7-11H2,1-3H3. The lowest BCUT2D eigenvalue weighted by molar-refractivity contribution is -0.167. The molecule has 0 amide bonds. The summed E-state index contributed by atoms with van der Waals surface area (Å²) in [5.41, 5.74) is 0.205. The Morgan fingerprint density at radius 3 is 2.00 bits per heavy atom. The monoisotopic (exact) mass is 465 g/mol.